The fourth-order valence-electron chi connectivity index (χ4n) is 2.54. The lowest BCUT2D eigenvalue weighted by atomic mass is 9.95. The second kappa shape index (κ2) is 8.55. The highest BCUT2D eigenvalue weighted by Crippen LogP contribution is 2.30. The van der Waals surface area contributed by atoms with Crippen LogP contribution in [0.15, 0.2) is 42.0 Å². The van der Waals surface area contributed by atoms with E-state index < -0.39 is 5.91 Å². The van der Waals surface area contributed by atoms with Crippen LogP contribution in [0.5, 0.6) is 5.75 Å². The molecule has 0 fully saturated rings. The minimum Gasteiger partial charge on any atom is -0.496 e. The second-order valence-corrected chi connectivity index (χ2v) is 6.67. The van der Waals surface area contributed by atoms with E-state index in [1.54, 1.807) is 37.5 Å². The van der Waals surface area contributed by atoms with Crippen molar-refractivity contribution < 1.29 is 9.53 Å². The van der Waals surface area contributed by atoms with Gasteiger partial charge in [-0.25, -0.2) is 0 Å². The van der Waals surface area contributed by atoms with E-state index in [4.69, 9.17) is 16.3 Å². The third-order valence-corrected chi connectivity index (χ3v) is 4.26. The molecule has 0 bridgehead atoms. The second-order valence-electron chi connectivity index (χ2n) is 6.24. The number of benzene rings is 2. The van der Waals surface area contributed by atoms with Crippen molar-refractivity contribution in [2.24, 2.45) is 0 Å². The van der Waals surface area contributed by atoms with Crippen molar-refractivity contribution in [3.05, 3.63) is 63.7 Å². The van der Waals surface area contributed by atoms with E-state index in [9.17, 15) is 10.1 Å². The number of aryl methyl sites for hydroxylation is 1. The molecule has 0 unspecified atom stereocenters. The summed E-state index contributed by atoms with van der Waals surface area (Å²) in [6, 6.07) is 12.6. The van der Waals surface area contributed by atoms with Crippen LogP contribution >= 0.6 is 11.6 Å². The molecule has 0 spiro atoms. The number of nitrogens with zero attached hydrogens (tertiary/aromatic N) is 1. The van der Waals surface area contributed by atoms with Crippen molar-refractivity contribution in [3.63, 3.8) is 0 Å². The normalized spacial score (nSPS) is 11.2. The molecule has 0 aromatic heterocycles. The van der Waals surface area contributed by atoms with Crippen molar-refractivity contribution in [3.8, 4) is 11.8 Å². The van der Waals surface area contributed by atoms with Crippen LogP contribution in [0.1, 0.15) is 36.5 Å². The average molecular weight is 369 g/mol. The van der Waals surface area contributed by atoms with Gasteiger partial charge in [0, 0.05) is 10.7 Å². The van der Waals surface area contributed by atoms with Gasteiger partial charge >= 0.3 is 0 Å². The van der Waals surface area contributed by atoms with Crippen LogP contribution in [0.25, 0.3) is 6.08 Å². The zero-order chi connectivity index (χ0) is 19.3. The molecule has 4 nitrogen and oxygen atoms in total. The molecule has 0 atom stereocenters. The number of halogens is 1. The van der Waals surface area contributed by atoms with Crippen molar-refractivity contribution in [2.45, 2.75) is 26.7 Å². The zero-order valence-corrected chi connectivity index (χ0v) is 16.0. The van der Waals surface area contributed by atoms with Crippen LogP contribution in [0.2, 0.25) is 5.02 Å². The molecule has 0 saturated heterocycles. The Kier molecular flexibility index (Phi) is 6.43. The summed E-state index contributed by atoms with van der Waals surface area (Å²) in [4.78, 5) is 12.4. The van der Waals surface area contributed by atoms with Crippen molar-refractivity contribution in [1.29, 1.82) is 5.26 Å². The number of carbonyl (C=O) groups excluding carboxylic acids is 1. The lowest BCUT2D eigenvalue weighted by Gasteiger charge is -2.15. The predicted octanol–water partition coefficient (Wildman–Crippen LogP) is 5.33. The number of nitriles is 1. The maximum absolute atomic E-state index is 12.4. The highest BCUT2D eigenvalue weighted by Gasteiger charge is 2.14. The van der Waals surface area contributed by atoms with Crippen molar-refractivity contribution in [1.82, 2.24) is 0 Å². The molecule has 1 N–H and O–H groups in total. The van der Waals surface area contributed by atoms with E-state index in [1.807, 2.05) is 25.1 Å². The molecule has 2 rings (SSSR count). The van der Waals surface area contributed by atoms with Gasteiger partial charge in [0.2, 0.25) is 0 Å². The standard InChI is InChI=1S/C21H21ClN2O2/c1-13(2)19-11-15(14(3)9-20(19)26-4)10-16(12-23)21(25)24-18-7-5-17(22)6-8-18/h5-11,13H,1-4H3,(H,24,25)/b16-10-. The Morgan fingerprint density at radius 2 is 1.92 bits per heavy atom. The Bertz CT molecular complexity index is 878. The largest absolute Gasteiger partial charge is 0.496 e. The molecule has 2 aromatic rings. The maximum Gasteiger partial charge on any atom is 0.266 e. The third kappa shape index (κ3) is 4.65. The Balaban J connectivity index is 2.36. The first-order valence-corrected chi connectivity index (χ1v) is 8.60. The van der Waals surface area contributed by atoms with Gasteiger partial charge in [-0.1, -0.05) is 25.4 Å². The van der Waals surface area contributed by atoms with E-state index in [2.05, 4.69) is 19.2 Å². The van der Waals surface area contributed by atoms with E-state index >= 15 is 0 Å². The van der Waals surface area contributed by atoms with Crippen LogP contribution in [0, 0.1) is 18.3 Å². The van der Waals surface area contributed by atoms with Gasteiger partial charge in [0.05, 0.1) is 7.11 Å². The first-order chi connectivity index (χ1) is 12.3. The van der Waals surface area contributed by atoms with E-state index in [1.165, 1.54) is 0 Å². The number of hydrogen-bond donors (Lipinski definition) is 1. The highest BCUT2D eigenvalue weighted by atomic mass is 35.5. The molecule has 5 heteroatoms. The average Bonchev–Trinajstić information content (AvgIpc) is 2.61. The van der Waals surface area contributed by atoms with Gasteiger partial charge in [-0.05, 0) is 72.0 Å². The fourth-order valence-corrected chi connectivity index (χ4v) is 2.66. The van der Waals surface area contributed by atoms with Crippen molar-refractivity contribution >= 4 is 29.3 Å². The third-order valence-electron chi connectivity index (χ3n) is 4.01. The van der Waals surface area contributed by atoms with Gasteiger partial charge in [-0.15, -0.1) is 0 Å². The summed E-state index contributed by atoms with van der Waals surface area (Å²) in [6.45, 7) is 6.06. The van der Waals surface area contributed by atoms with Gasteiger partial charge in [-0.3, -0.25) is 4.79 Å². The smallest absolute Gasteiger partial charge is 0.266 e. The molecule has 2 aromatic carbocycles. The first-order valence-electron chi connectivity index (χ1n) is 8.23. The summed E-state index contributed by atoms with van der Waals surface area (Å²) in [5.74, 6) is 0.598. The number of amides is 1. The Morgan fingerprint density at radius 3 is 2.46 bits per heavy atom. The van der Waals surface area contributed by atoms with Gasteiger partial charge in [0.1, 0.15) is 17.4 Å². The molecule has 1 amide bonds. The zero-order valence-electron chi connectivity index (χ0n) is 15.3. The number of rotatable bonds is 5. The van der Waals surface area contributed by atoms with Crippen molar-refractivity contribution in [2.75, 3.05) is 12.4 Å². The minimum atomic E-state index is -0.462. The Labute approximate surface area is 159 Å². The molecule has 0 saturated carbocycles. The van der Waals surface area contributed by atoms with E-state index in [0.717, 1.165) is 22.4 Å². The molecule has 26 heavy (non-hydrogen) atoms. The molecule has 0 aliphatic carbocycles. The van der Waals surface area contributed by atoms with Crippen LogP contribution < -0.4 is 10.1 Å². The molecular formula is C21H21ClN2O2. The molecule has 0 heterocycles. The summed E-state index contributed by atoms with van der Waals surface area (Å²) >= 11 is 5.84. The number of nitrogens with one attached hydrogen (secondary N) is 1. The SMILES string of the molecule is COc1cc(C)c(/C=C(/C#N)C(=O)Nc2ccc(Cl)cc2)cc1C(C)C. The van der Waals surface area contributed by atoms with Gasteiger partial charge in [0.15, 0.2) is 0 Å². The number of carbonyl (C=O) groups is 1. The quantitative estimate of drug-likeness (QED) is 0.573. The Hall–Kier alpha value is -2.77. The lowest BCUT2D eigenvalue weighted by molar-refractivity contribution is -0.112. The topological polar surface area (TPSA) is 62.1 Å². The summed E-state index contributed by atoms with van der Waals surface area (Å²) in [5, 5.41) is 12.7. The first kappa shape index (κ1) is 19.6. The van der Waals surface area contributed by atoms with E-state index in [0.29, 0.717) is 10.7 Å². The minimum absolute atomic E-state index is 0.0305. The molecule has 134 valence electrons. The van der Waals surface area contributed by atoms with Gasteiger partial charge in [-0.2, -0.15) is 5.26 Å². The predicted molar refractivity (Wildman–Crippen MR) is 105 cm³/mol. The van der Waals surface area contributed by atoms with Gasteiger partial charge < -0.3 is 10.1 Å². The molecular weight excluding hydrogens is 348 g/mol. The monoisotopic (exact) mass is 368 g/mol. The Morgan fingerprint density at radius 1 is 1.27 bits per heavy atom. The van der Waals surface area contributed by atoms with E-state index in [-0.39, 0.29) is 11.5 Å². The van der Waals surface area contributed by atoms with Crippen LogP contribution in [-0.4, -0.2) is 13.0 Å². The molecule has 0 aliphatic heterocycles. The molecule has 0 radical (unpaired) electrons. The highest BCUT2D eigenvalue weighted by molar-refractivity contribution is 6.30. The lowest BCUT2D eigenvalue weighted by Crippen LogP contribution is -2.13. The van der Waals surface area contributed by atoms with Crippen LogP contribution in [0.4, 0.5) is 5.69 Å². The summed E-state index contributed by atoms with van der Waals surface area (Å²) < 4.78 is 5.43. The summed E-state index contributed by atoms with van der Waals surface area (Å²) in [5.41, 5.74) is 3.38. The maximum atomic E-state index is 12.4. The van der Waals surface area contributed by atoms with Gasteiger partial charge in [0.25, 0.3) is 5.91 Å². The number of anilines is 1. The summed E-state index contributed by atoms with van der Waals surface area (Å²) in [7, 11) is 1.64. The van der Waals surface area contributed by atoms with Crippen LogP contribution in [-0.2, 0) is 4.79 Å². The fraction of sp³-hybridized carbons (Fsp3) is 0.238. The number of ether oxygens (including phenoxy) is 1. The number of methoxy groups -OCH3 is 1. The summed E-state index contributed by atoms with van der Waals surface area (Å²) in [6.07, 6.45) is 1.60. The number of hydrogen-bond acceptors (Lipinski definition) is 3. The molecule has 0 aliphatic rings. The van der Waals surface area contributed by atoms with Crippen LogP contribution in [0.3, 0.4) is 0 Å².